The van der Waals surface area contributed by atoms with Crippen LogP contribution in [0.15, 0.2) is 138 Å². The number of rotatable bonds is 11. The fraction of sp³-hybridized carbons (Fsp3) is 0.295. The molecule has 0 unspecified atom stereocenters. The van der Waals surface area contributed by atoms with E-state index in [2.05, 4.69) is 32.0 Å². The monoisotopic (exact) mass is 758 g/mol. The topological polar surface area (TPSA) is 120 Å². The summed E-state index contributed by atoms with van der Waals surface area (Å²) in [5, 5.41) is 12.7. The van der Waals surface area contributed by atoms with E-state index in [1.165, 1.54) is 0 Å². The molecule has 1 amide bonds. The largest absolute Gasteiger partial charge is 0.392 e. The van der Waals surface area contributed by atoms with Crippen LogP contribution in [0.3, 0.4) is 0 Å². The van der Waals surface area contributed by atoms with Gasteiger partial charge in [-0.05, 0) is 71.0 Å². The van der Waals surface area contributed by atoms with Crippen LogP contribution in [-0.4, -0.2) is 62.3 Å². The molecule has 55 heavy (non-hydrogen) atoms. The SMILES string of the molecule is O=C1NCN(c2ccccc2)C12CCN(C[C@H]1C[C@@H](c3ccc(CO)cc3)O[C@@H](c3ccc(-c4cccc(CNS(=O)(=O)c5ccccc5)c4)cc3)O1)CC2. The van der Waals surface area contributed by atoms with E-state index in [1.54, 1.807) is 30.3 Å². The number of para-hydroxylation sites is 1. The number of likely N-dealkylation sites (tertiary alicyclic amines) is 1. The van der Waals surface area contributed by atoms with E-state index < -0.39 is 21.9 Å². The Morgan fingerprint density at radius 1 is 0.764 bits per heavy atom. The zero-order valence-corrected chi connectivity index (χ0v) is 31.4. The van der Waals surface area contributed by atoms with Crippen molar-refractivity contribution in [2.24, 2.45) is 0 Å². The van der Waals surface area contributed by atoms with Crippen molar-refractivity contribution in [3.8, 4) is 11.1 Å². The Morgan fingerprint density at radius 3 is 2.16 bits per heavy atom. The van der Waals surface area contributed by atoms with Crippen LogP contribution in [0, 0.1) is 0 Å². The third-order valence-corrected chi connectivity index (χ3v) is 12.5. The number of hydrogen-bond donors (Lipinski definition) is 3. The summed E-state index contributed by atoms with van der Waals surface area (Å²) in [4.78, 5) is 18.1. The van der Waals surface area contributed by atoms with Crippen molar-refractivity contribution < 1.29 is 27.8 Å². The van der Waals surface area contributed by atoms with Gasteiger partial charge in [0.25, 0.3) is 0 Å². The highest BCUT2D eigenvalue weighted by atomic mass is 32.2. The van der Waals surface area contributed by atoms with E-state index in [-0.39, 0.29) is 36.2 Å². The summed E-state index contributed by atoms with van der Waals surface area (Å²) in [6, 6.07) is 42.4. The predicted molar refractivity (Wildman–Crippen MR) is 211 cm³/mol. The molecule has 5 aromatic rings. The maximum Gasteiger partial charge on any atom is 0.247 e. The van der Waals surface area contributed by atoms with Crippen molar-refractivity contribution in [3.05, 3.63) is 156 Å². The van der Waals surface area contributed by atoms with Gasteiger partial charge in [0, 0.05) is 43.9 Å². The standard InChI is InChI=1S/C44H46N4O6S/c49-30-32-14-16-35(17-15-32)41-27-39(29-47-24-22-44(23-25-47)43(50)45-31-48(44)38-10-3-1-4-11-38)53-42(54-41)36-20-18-34(19-21-36)37-9-7-8-33(26-37)28-46-55(51,52)40-12-5-2-6-13-40/h1-21,26,39,41-42,46,49H,22-25,27-31H2,(H,45,50)/t39-,41+,42+/m1/s1. The number of aliphatic hydroxyl groups is 1. The molecule has 0 aromatic heterocycles. The minimum absolute atomic E-state index is 0.0190. The number of benzene rings is 5. The number of carbonyl (C=O) groups excluding carboxylic acids is 1. The van der Waals surface area contributed by atoms with Crippen molar-refractivity contribution in [1.82, 2.24) is 14.9 Å². The number of nitrogens with one attached hydrogen (secondary N) is 2. The van der Waals surface area contributed by atoms with Crippen LogP contribution >= 0.6 is 0 Å². The molecule has 1 spiro atoms. The minimum atomic E-state index is -3.63. The maximum atomic E-state index is 13.3. The Morgan fingerprint density at radius 2 is 1.45 bits per heavy atom. The van der Waals surface area contributed by atoms with Gasteiger partial charge < -0.3 is 29.7 Å². The number of anilines is 1. The van der Waals surface area contributed by atoms with E-state index in [4.69, 9.17) is 9.47 Å². The van der Waals surface area contributed by atoms with E-state index in [1.807, 2.05) is 91.0 Å². The Kier molecular flexibility index (Phi) is 10.8. The van der Waals surface area contributed by atoms with Crippen LogP contribution in [-0.2, 0) is 37.4 Å². The lowest BCUT2D eigenvalue weighted by atomic mass is 9.85. The highest BCUT2D eigenvalue weighted by molar-refractivity contribution is 7.89. The van der Waals surface area contributed by atoms with Crippen LogP contribution < -0.4 is 14.9 Å². The van der Waals surface area contributed by atoms with Crippen molar-refractivity contribution in [2.45, 2.75) is 61.3 Å². The normalized spacial score (nSPS) is 21.4. The lowest BCUT2D eigenvalue weighted by Crippen LogP contribution is -2.57. The maximum absolute atomic E-state index is 13.3. The van der Waals surface area contributed by atoms with Gasteiger partial charge in [0.05, 0.1) is 30.4 Å². The smallest absolute Gasteiger partial charge is 0.247 e. The Bertz CT molecular complexity index is 2180. The van der Waals surface area contributed by atoms with Crippen molar-refractivity contribution in [2.75, 3.05) is 31.2 Å². The van der Waals surface area contributed by atoms with Gasteiger partial charge in [-0.15, -0.1) is 0 Å². The molecule has 5 aromatic carbocycles. The van der Waals surface area contributed by atoms with Gasteiger partial charge in [-0.25, -0.2) is 13.1 Å². The summed E-state index contributed by atoms with van der Waals surface area (Å²) in [5.41, 5.74) is 6.10. The number of aliphatic hydroxyl groups excluding tert-OH is 1. The number of hydrogen-bond acceptors (Lipinski definition) is 8. The van der Waals surface area contributed by atoms with Gasteiger partial charge in [0.2, 0.25) is 15.9 Å². The van der Waals surface area contributed by atoms with E-state index in [9.17, 15) is 18.3 Å². The minimum Gasteiger partial charge on any atom is -0.392 e. The highest BCUT2D eigenvalue weighted by Crippen LogP contribution is 2.40. The van der Waals surface area contributed by atoms with Crippen molar-refractivity contribution in [1.29, 1.82) is 0 Å². The van der Waals surface area contributed by atoms with Crippen LogP contribution in [0.4, 0.5) is 5.69 Å². The van der Waals surface area contributed by atoms with Gasteiger partial charge in [-0.3, -0.25) is 4.79 Å². The molecule has 0 aliphatic carbocycles. The third-order valence-electron chi connectivity index (χ3n) is 11.1. The lowest BCUT2D eigenvalue weighted by Gasteiger charge is -2.45. The van der Waals surface area contributed by atoms with Gasteiger partial charge in [0.15, 0.2) is 6.29 Å². The van der Waals surface area contributed by atoms with Gasteiger partial charge in [-0.1, -0.05) is 103 Å². The second-order valence-corrected chi connectivity index (χ2v) is 16.3. The summed E-state index contributed by atoms with van der Waals surface area (Å²) in [6.45, 7) is 2.94. The van der Waals surface area contributed by atoms with E-state index in [0.29, 0.717) is 19.6 Å². The summed E-state index contributed by atoms with van der Waals surface area (Å²) in [5.74, 6) is 0.104. The van der Waals surface area contributed by atoms with Gasteiger partial charge in [-0.2, -0.15) is 0 Å². The van der Waals surface area contributed by atoms with Crippen LogP contribution in [0.1, 0.15) is 53.9 Å². The first-order valence-corrected chi connectivity index (χ1v) is 20.4. The first-order valence-electron chi connectivity index (χ1n) is 18.9. The number of sulfonamides is 1. The number of nitrogens with zero attached hydrogens (tertiary/aromatic N) is 2. The predicted octanol–water partition coefficient (Wildman–Crippen LogP) is 6.30. The molecule has 3 fully saturated rings. The Labute approximate surface area is 322 Å². The molecule has 3 heterocycles. The summed E-state index contributed by atoms with van der Waals surface area (Å²) < 4.78 is 41.6. The second-order valence-electron chi connectivity index (χ2n) is 14.6. The first-order chi connectivity index (χ1) is 26.8. The zero-order valence-electron chi connectivity index (χ0n) is 30.6. The number of carbonyl (C=O) groups is 1. The molecule has 3 N–H and O–H groups in total. The van der Waals surface area contributed by atoms with Crippen LogP contribution in [0.5, 0.6) is 0 Å². The molecule has 10 nitrogen and oxygen atoms in total. The Hall–Kier alpha value is -4.88. The molecule has 3 saturated heterocycles. The lowest BCUT2D eigenvalue weighted by molar-refractivity contribution is -0.253. The quantitative estimate of drug-likeness (QED) is 0.144. The summed E-state index contributed by atoms with van der Waals surface area (Å²) >= 11 is 0. The molecular formula is C44H46N4O6S. The average molecular weight is 759 g/mol. The van der Waals surface area contributed by atoms with Crippen molar-refractivity contribution >= 4 is 21.6 Å². The van der Waals surface area contributed by atoms with E-state index >= 15 is 0 Å². The van der Waals surface area contributed by atoms with E-state index in [0.717, 1.165) is 65.0 Å². The molecule has 3 aliphatic rings. The van der Waals surface area contributed by atoms with Gasteiger partial charge in [0.1, 0.15) is 5.54 Å². The number of piperidine rings is 1. The average Bonchev–Trinajstić information content (AvgIpc) is 3.55. The molecule has 3 atom stereocenters. The fourth-order valence-corrected chi connectivity index (χ4v) is 9.05. The molecule has 0 bridgehead atoms. The second kappa shape index (κ2) is 16.1. The molecule has 0 saturated carbocycles. The number of amides is 1. The molecule has 3 aliphatic heterocycles. The third kappa shape index (κ3) is 8.09. The summed E-state index contributed by atoms with van der Waals surface area (Å²) in [6.07, 6.45) is 1.21. The van der Waals surface area contributed by atoms with Crippen LogP contribution in [0.2, 0.25) is 0 Å². The van der Waals surface area contributed by atoms with Crippen LogP contribution in [0.25, 0.3) is 11.1 Å². The fourth-order valence-electron chi connectivity index (χ4n) is 8.01. The van der Waals surface area contributed by atoms with Gasteiger partial charge >= 0.3 is 0 Å². The zero-order chi connectivity index (χ0) is 37.8. The molecule has 284 valence electrons. The van der Waals surface area contributed by atoms with Crippen molar-refractivity contribution in [3.63, 3.8) is 0 Å². The molecule has 0 radical (unpaired) electrons. The highest BCUT2D eigenvalue weighted by Gasteiger charge is 2.50. The first kappa shape index (κ1) is 37.1. The number of ether oxygens (including phenoxy) is 2. The molecular weight excluding hydrogens is 713 g/mol. The summed E-state index contributed by atoms with van der Waals surface area (Å²) in [7, 11) is -3.63. The molecule has 11 heteroatoms. The molecule has 8 rings (SSSR count). The Balaban J connectivity index is 0.961.